The summed E-state index contributed by atoms with van der Waals surface area (Å²) in [5.41, 5.74) is 5.14. The summed E-state index contributed by atoms with van der Waals surface area (Å²) in [5.74, 6) is 0.968. The normalized spacial score (nSPS) is 22.1. The van der Waals surface area contributed by atoms with Crippen LogP contribution in [0.5, 0.6) is 0 Å². The first-order valence-corrected chi connectivity index (χ1v) is 10.00. The summed E-state index contributed by atoms with van der Waals surface area (Å²) in [6, 6.07) is 17.2. The van der Waals surface area contributed by atoms with E-state index in [0.717, 1.165) is 24.1 Å². The zero-order valence-electron chi connectivity index (χ0n) is 17.1. The van der Waals surface area contributed by atoms with Crippen molar-refractivity contribution in [3.63, 3.8) is 0 Å². The van der Waals surface area contributed by atoms with E-state index in [1.54, 1.807) is 0 Å². The van der Waals surface area contributed by atoms with Crippen molar-refractivity contribution in [2.24, 2.45) is 0 Å². The number of aryl methyl sites for hydroxylation is 2. The molecule has 0 spiro atoms. The van der Waals surface area contributed by atoms with Gasteiger partial charge in [-0.2, -0.15) is 0 Å². The Morgan fingerprint density at radius 2 is 1.70 bits per heavy atom. The van der Waals surface area contributed by atoms with Crippen LogP contribution in [0.15, 0.2) is 48.5 Å². The molecule has 27 heavy (non-hydrogen) atoms. The van der Waals surface area contributed by atoms with Crippen LogP contribution in [0.3, 0.4) is 0 Å². The quantitative estimate of drug-likeness (QED) is 0.590. The first-order chi connectivity index (χ1) is 12.5. The third-order valence-electron chi connectivity index (χ3n) is 6.26. The van der Waals surface area contributed by atoms with E-state index in [9.17, 15) is 4.79 Å². The molecule has 2 atom stereocenters. The van der Waals surface area contributed by atoms with Crippen molar-refractivity contribution >= 4 is 5.78 Å². The predicted octanol–water partition coefficient (Wildman–Crippen LogP) is 4.83. The fourth-order valence-electron chi connectivity index (χ4n) is 4.62. The first kappa shape index (κ1) is 22.5. The second-order valence-corrected chi connectivity index (χ2v) is 8.06. The summed E-state index contributed by atoms with van der Waals surface area (Å²) < 4.78 is 0.948. The number of benzene rings is 2. The number of Topliss-reactive ketones (excluding diaryl/α,β-unsaturated/α-hetero) is 1. The molecule has 0 saturated carbocycles. The van der Waals surface area contributed by atoms with Gasteiger partial charge in [0.25, 0.3) is 0 Å². The maximum Gasteiger partial charge on any atom is 0.191 e. The molecule has 3 rings (SSSR count). The van der Waals surface area contributed by atoms with Gasteiger partial charge in [-0.05, 0) is 55.9 Å². The molecule has 1 heterocycles. The molecule has 2 aromatic rings. The number of piperidine rings is 1. The number of likely N-dealkylation sites (N-methyl/N-ethyl adjacent to an activating group) is 1. The van der Waals surface area contributed by atoms with Crippen molar-refractivity contribution in [2.75, 3.05) is 26.2 Å². The number of nitrogens with zero attached hydrogens (tertiary/aromatic N) is 1. The Labute approximate surface area is 189 Å². The standard InChI is InChI=1S/C24H32NO.Y/c1-4-25(15-9-14-22(17-25)21-12-6-5-7-13-21)18-23(26)16-24-19(2)10-8-11-20(24)3;/h5-8,10-13,22H,4,9,14-18H2,1-3H3;/q+1;. The van der Waals surface area contributed by atoms with Crippen molar-refractivity contribution in [1.29, 1.82) is 0 Å². The van der Waals surface area contributed by atoms with Gasteiger partial charge in [0, 0.05) is 45.0 Å². The monoisotopic (exact) mass is 439 g/mol. The van der Waals surface area contributed by atoms with E-state index in [4.69, 9.17) is 0 Å². The summed E-state index contributed by atoms with van der Waals surface area (Å²) in [6.07, 6.45) is 3.04. The molecule has 1 fully saturated rings. The summed E-state index contributed by atoms with van der Waals surface area (Å²) in [6.45, 7) is 10.4. The molecule has 1 saturated heterocycles. The van der Waals surface area contributed by atoms with Gasteiger partial charge in [0.15, 0.2) is 5.78 Å². The molecule has 1 radical (unpaired) electrons. The molecule has 0 bridgehead atoms. The Kier molecular flexibility index (Phi) is 8.40. The second-order valence-electron chi connectivity index (χ2n) is 8.06. The van der Waals surface area contributed by atoms with E-state index in [-0.39, 0.29) is 32.7 Å². The molecular formula is C24H32NOY+. The summed E-state index contributed by atoms with van der Waals surface area (Å²) in [4.78, 5) is 13.0. The number of ketones is 1. The number of hydrogen-bond acceptors (Lipinski definition) is 1. The topological polar surface area (TPSA) is 17.1 Å². The van der Waals surface area contributed by atoms with E-state index in [0.29, 0.717) is 24.7 Å². The van der Waals surface area contributed by atoms with Gasteiger partial charge in [0.2, 0.25) is 0 Å². The minimum Gasteiger partial charge on any atom is -0.317 e. The molecule has 0 aliphatic carbocycles. The maximum atomic E-state index is 13.0. The van der Waals surface area contributed by atoms with Crippen LogP contribution in [0.2, 0.25) is 0 Å². The van der Waals surface area contributed by atoms with Crippen LogP contribution in [-0.4, -0.2) is 36.4 Å². The van der Waals surface area contributed by atoms with Gasteiger partial charge in [0.05, 0.1) is 19.6 Å². The van der Waals surface area contributed by atoms with Crippen molar-refractivity contribution in [3.8, 4) is 0 Å². The number of rotatable bonds is 6. The predicted molar refractivity (Wildman–Crippen MR) is 108 cm³/mol. The minimum absolute atomic E-state index is 0. The number of likely N-dealkylation sites (tertiary alicyclic amines) is 1. The maximum absolute atomic E-state index is 13.0. The van der Waals surface area contributed by atoms with Crippen LogP contribution in [-0.2, 0) is 43.9 Å². The van der Waals surface area contributed by atoms with Gasteiger partial charge in [0.1, 0.15) is 6.54 Å². The van der Waals surface area contributed by atoms with Crippen molar-refractivity contribution < 1.29 is 42.0 Å². The van der Waals surface area contributed by atoms with Crippen LogP contribution >= 0.6 is 0 Å². The SMILES string of the molecule is CC[N+]1(CC(=O)Cc2c(C)cccc2C)CCCC(c2ccccc2)C1.[Y]. The van der Waals surface area contributed by atoms with E-state index in [1.165, 1.54) is 35.1 Å². The van der Waals surface area contributed by atoms with Gasteiger partial charge in [-0.3, -0.25) is 4.79 Å². The smallest absolute Gasteiger partial charge is 0.191 e. The molecule has 2 nitrogen and oxygen atoms in total. The molecule has 3 heteroatoms. The van der Waals surface area contributed by atoms with Crippen molar-refractivity contribution in [3.05, 3.63) is 70.8 Å². The van der Waals surface area contributed by atoms with Gasteiger partial charge < -0.3 is 4.48 Å². The van der Waals surface area contributed by atoms with Crippen LogP contribution < -0.4 is 0 Å². The molecule has 0 aromatic heterocycles. The molecule has 1 aliphatic heterocycles. The van der Waals surface area contributed by atoms with Crippen LogP contribution in [0, 0.1) is 13.8 Å². The molecule has 1 aliphatic rings. The Balaban J connectivity index is 0.00000261. The van der Waals surface area contributed by atoms with E-state index in [1.807, 2.05) is 0 Å². The Morgan fingerprint density at radius 3 is 2.33 bits per heavy atom. The molecule has 2 aromatic carbocycles. The van der Waals surface area contributed by atoms with Gasteiger partial charge >= 0.3 is 0 Å². The third-order valence-corrected chi connectivity index (χ3v) is 6.26. The molecular weight excluding hydrogens is 407 g/mol. The third kappa shape index (κ3) is 5.59. The fourth-order valence-corrected chi connectivity index (χ4v) is 4.62. The van der Waals surface area contributed by atoms with Crippen molar-refractivity contribution in [1.82, 2.24) is 0 Å². The average Bonchev–Trinajstić information content (AvgIpc) is 2.66. The van der Waals surface area contributed by atoms with Gasteiger partial charge in [-0.1, -0.05) is 48.5 Å². The number of carbonyl (C=O) groups is 1. The Bertz CT molecular complexity index is 738. The van der Waals surface area contributed by atoms with Gasteiger partial charge in [-0.25, -0.2) is 0 Å². The zero-order chi connectivity index (χ0) is 18.6. The average molecular weight is 439 g/mol. The number of hydrogen-bond donors (Lipinski definition) is 0. The largest absolute Gasteiger partial charge is 0.317 e. The summed E-state index contributed by atoms with van der Waals surface area (Å²) in [5, 5.41) is 0. The van der Waals surface area contributed by atoms with Crippen LogP contribution in [0.1, 0.15) is 47.9 Å². The minimum atomic E-state index is 0. The summed E-state index contributed by atoms with van der Waals surface area (Å²) in [7, 11) is 0. The zero-order valence-corrected chi connectivity index (χ0v) is 19.9. The van der Waals surface area contributed by atoms with Gasteiger partial charge in [-0.15, -0.1) is 0 Å². The molecule has 0 amide bonds. The van der Waals surface area contributed by atoms with E-state index in [2.05, 4.69) is 69.3 Å². The Morgan fingerprint density at radius 1 is 1.04 bits per heavy atom. The van der Waals surface area contributed by atoms with Crippen molar-refractivity contribution in [2.45, 2.75) is 46.0 Å². The molecule has 2 unspecified atom stereocenters. The second kappa shape index (κ2) is 10.1. The van der Waals surface area contributed by atoms with E-state index >= 15 is 0 Å². The molecule has 0 N–H and O–H groups in total. The Hall–Kier alpha value is -0.826. The van der Waals surface area contributed by atoms with Crippen LogP contribution in [0.25, 0.3) is 0 Å². The first-order valence-electron chi connectivity index (χ1n) is 10.00. The number of quaternary nitrogens is 1. The van der Waals surface area contributed by atoms with E-state index < -0.39 is 0 Å². The summed E-state index contributed by atoms with van der Waals surface area (Å²) >= 11 is 0. The molecule has 141 valence electrons. The number of carbonyl (C=O) groups excluding carboxylic acids is 1. The van der Waals surface area contributed by atoms with Crippen LogP contribution in [0.4, 0.5) is 0 Å². The fraction of sp³-hybridized carbons (Fsp3) is 0.458.